The largest absolute Gasteiger partial charge is 0.478 e. The van der Waals surface area contributed by atoms with Crippen LogP contribution in [0.3, 0.4) is 0 Å². The lowest BCUT2D eigenvalue weighted by atomic mass is 10.2. The Morgan fingerprint density at radius 1 is 1.18 bits per heavy atom. The van der Waals surface area contributed by atoms with Crippen LogP contribution < -0.4 is 0 Å². The normalized spacial score (nSPS) is 11.0. The first-order chi connectivity index (χ1) is 10.2. The third kappa shape index (κ3) is 12.6. The Balaban J connectivity index is 0.000000409. The van der Waals surface area contributed by atoms with Crippen molar-refractivity contribution < 1.29 is 32.4 Å². The van der Waals surface area contributed by atoms with Crippen LogP contribution >= 0.6 is 0 Å². The van der Waals surface area contributed by atoms with Crippen LogP contribution in [-0.2, 0) is 24.4 Å². The molecule has 120 valence electrons. The van der Waals surface area contributed by atoms with Gasteiger partial charge in [0.05, 0.1) is 12.0 Å². The smallest absolute Gasteiger partial charge is 0.330 e. The zero-order chi connectivity index (χ0) is 17.0. The maximum Gasteiger partial charge on any atom is 0.330 e. The van der Waals surface area contributed by atoms with Crippen molar-refractivity contribution in [1.29, 1.82) is 0 Å². The van der Waals surface area contributed by atoms with Crippen LogP contribution in [0.4, 0.5) is 0 Å². The summed E-state index contributed by atoms with van der Waals surface area (Å²) in [5.41, 5.74) is 0.732. The number of carbonyl (C=O) groups is 2. The van der Waals surface area contributed by atoms with Crippen molar-refractivity contribution in [3.63, 3.8) is 0 Å². The second-order valence-electron chi connectivity index (χ2n) is 3.65. The summed E-state index contributed by atoms with van der Waals surface area (Å²) < 4.78 is 33.3. The summed E-state index contributed by atoms with van der Waals surface area (Å²) in [6.07, 6.45) is 2.93. The fraction of sp³-hybridized carbons (Fsp3) is 0.143. The molecular weight excluding hydrogens is 312 g/mol. The minimum absolute atomic E-state index is 0.253. The Hall–Kier alpha value is -2.45. The van der Waals surface area contributed by atoms with Gasteiger partial charge in [-0.05, 0) is 18.6 Å². The van der Waals surface area contributed by atoms with Crippen LogP contribution in [0, 0.1) is 0 Å². The van der Waals surface area contributed by atoms with Crippen molar-refractivity contribution in [3.05, 3.63) is 53.5 Å². The molecule has 0 aromatic heterocycles. The van der Waals surface area contributed by atoms with Crippen LogP contribution in [0.15, 0.2) is 47.9 Å². The van der Waals surface area contributed by atoms with E-state index < -0.39 is 22.1 Å². The van der Waals surface area contributed by atoms with Crippen molar-refractivity contribution in [3.8, 4) is 0 Å². The maximum absolute atomic E-state index is 10.4. The fourth-order valence-electron chi connectivity index (χ4n) is 1.06. The van der Waals surface area contributed by atoms with Gasteiger partial charge in [0.2, 0.25) is 0 Å². The number of esters is 1. The predicted molar refractivity (Wildman–Crippen MR) is 80.4 cm³/mol. The zero-order valence-electron chi connectivity index (χ0n) is 11.7. The Bertz CT molecular complexity index is 630. The third-order valence-corrected chi connectivity index (χ3v) is 2.36. The van der Waals surface area contributed by atoms with Crippen molar-refractivity contribution >= 4 is 28.1 Å². The molecule has 0 heterocycles. The highest BCUT2D eigenvalue weighted by Crippen LogP contribution is 2.01. The molecule has 0 radical (unpaired) electrons. The van der Waals surface area contributed by atoms with Gasteiger partial charge < -0.3 is 9.84 Å². The molecule has 1 aromatic carbocycles. The van der Waals surface area contributed by atoms with E-state index in [-0.39, 0.29) is 6.61 Å². The standard InChI is InChI=1S/C8H8O3S.C6H8O4/c9-12(10,11)7-6-8-4-2-1-3-5-8;1-2-10-6(9)4-3-5(7)8/h1-7H,(H,9,10,11);3-4H,2H2,1H3,(H,7,8). The number of hydrogen-bond donors (Lipinski definition) is 2. The predicted octanol–water partition coefficient (Wildman–Crippen LogP) is 1.74. The lowest BCUT2D eigenvalue weighted by molar-refractivity contribution is -0.138. The van der Waals surface area contributed by atoms with Crippen LogP contribution in [0.1, 0.15) is 12.5 Å². The van der Waals surface area contributed by atoms with Crippen molar-refractivity contribution in [1.82, 2.24) is 0 Å². The van der Waals surface area contributed by atoms with Gasteiger partial charge in [0.15, 0.2) is 0 Å². The van der Waals surface area contributed by atoms with Crippen LogP contribution in [0.2, 0.25) is 0 Å². The Morgan fingerprint density at radius 3 is 2.23 bits per heavy atom. The van der Waals surface area contributed by atoms with E-state index in [4.69, 9.17) is 9.66 Å². The van der Waals surface area contributed by atoms with Gasteiger partial charge in [0, 0.05) is 12.2 Å². The van der Waals surface area contributed by atoms with Gasteiger partial charge in [-0.25, -0.2) is 9.59 Å². The Kier molecular flexibility index (Phi) is 9.15. The van der Waals surface area contributed by atoms with Crippen LogP contribution in [0.25, 0.3) is 6.08 Å². The van der Waals surface area contributed by atoms with Gasteiger partial charge in [-0.2, -0.15) is 8.42 Å². The van der Waals surface area contributed by atoms with Crippen LogP contribution in [-0.4, -0.2) is 36.6 Å². The van der Waals surface area contributed by atoms with Gasteiger partial charge in [-0.1, -0.05) is 30.3 Å². The molecule has 0 fully saturated rings. The second-order valence-corrected chi connectivity index (χ2v) is 4.95. The van der Waals surface area contributed by atoms with Gasteiger partial charge in [-0.3, -0.25) is 4.55 Å². The van der Waals surface area contributed by atoms with E-state index in [1.807, 2.05) is 6.07 Å². The number of aliphatic carboxylic acids is 1. The average molecular weight is 328 g/mol. The highest BCUT2D eigenvalue weighted by Gasteiger charge is 1.94. The highest BCUT2D eigenvalue weighted by atomic mass is 32.2. The molecule has 0 atom stereocenters. The van der Waals surface area contributed by atoms with E-state index in [0.717, 1.165) is 23.1 Å². The van der Waals surface area contributed by atoms with E-state index in [2.05, 4.69) is 4.74 Å². The van der Waals surface area contributed by atoms with Gasteiger partial charge >= 0.3 is 11.9 Å². The number of carboxylic acids is 1. The van der Waals surface area contributed by atoms with E-state index in [0.29, 0.717) is 0 Å². The minimum Gasteiger partial charge on any atom is -0.478 e. The molecule has 1 rings (SSSR count). The first-order valence-corrected chi connectivity index (χ1v) is 7.53. The molecule has 0 aliphatic rings. The van der Waals surface area contributed by atoms with E-state index >= 15 is 0 Å². The molecule has 2 N–H and O–H groups in total. The van der Waals surface area contributed by atoms with Crippen LogP contribution in [0.5, 0.6) is 0 Å². The average Bonchev–Trinajstić information content (AvgIpc) is 2.44. The molecule has 0 saturated carbocycles. The molecular formula is C14H16O7S. The highest BCUT2D eigenvalue weighted by molar-refractivity contribution is 7.88. The van der Waals surface area contributed by atoms with Crippen molar-refractivity contribution in [2.24, 2.45) is 0 Å². The maximum atomic E-state index is 10.4. The summed E-state index contributed by atoms with van der Waals surface area (Å²) in [4.78, 5) is 20.2. The topological polar surface area (TPSA) is 118 Å². The summed E-state index contributed by atoms with van der Waals surface area (Å²) in [7, 11) is -4.00. The summed E-state index contributed by atoms with van der Waals surface area (Å²) in [5.74, 6) is -1.79. The molecule has 0 saturated heterocycles. The minimum atomic E-state index is -4.00. The summed E-state index contributed by atoms with van der Waals surface area (Å²) in [6, 6.07) is 8.86. The van der Waals surface area contributed by atoms with Crippen molar-refractivity contribution in [2.45, 2.75) is 6.92 Å². The molecule has 0 unspecified atom stereocenters. The number of benzene rings is 1. The molecule has 22 heavy (non-hydrogen) atoms. The molecule has 8 heteroatoms. The van der Waals surface area contributed by atoms with E-state index in [9.17, 15) is 18.0 Å². The molecule has 7 nitrogen and oxygen atoms in total. The SMILES string of the molecule is CCOC(=O)C=CC(=O)O.O=S(=O)(O)C=Cc1ccccc1. The monoisotopic (exact) mass is 328 g/mol. The number of hydrogen-bond acceptors (Lipinski definition) is 5. The third-order valence-electron chi connectivity index (χ3n) is 1.88. The first-order valence-electron chi connectivity index (χ1n) is 6.03. The number of ether oxygens (including phenoxy) is 1. The number of carbonyl (C=O) groups excluding carboxylic acids is 1. The zero-order valence-corrected chi connectivity index (χ0v) is 12.6. The van der Waals surface area contributed by atoms with Gasteiger partial charge in [0.1, 0.15) is 0 Å². The molecule has 0 spiro atoms. The summed E-state index contributed by atoms with van der Waals surface area (Å²) >= 11 is 0. The Labute approximate surface area is 128 Å². The van der Waals surface area contributed by atoms with E-state index in [1.165, 1.54) is 6.08 Å². The molecule has 0 amide bonds. The lowest BCUT2D eigenvalue weighted by Gasteiger charge is -1.92. The Morgan fingerprint density at radius 2 is 1.77 bits per heavy atom. The van der Waals surface area contributed by atoms with E-state index in [1.54, 1.807) is 31.2 Å². The first kappa shape index (κ1) is 19.6. The van der Waals surface area contributed by atoms with Gasteiger partial charge in [-0.15, -0.1) is 0 Å². The molecule has 0 aliphatic heterocycles. The quantitative estimate of drug-likeness (QED) is 0.480. The van der Waals surface area contributed by atoms with Crippen molar-refractivity contribution in [2.75, 3.05) is 6.61 Å². The fourth-order valence-corrected chi connectivity index (χ4v) is 1.39. The lowest BCUT2D eigenvalue weighted by Crippen LogP contribution is -2.00. The second kappa shape index (κ2) is 10.3. The molecule has 0 bridgehead atoms. The molecule has 1 aromatic rings. The summed E-state index contributed by atoms with van der Waals surface area (Å²) in [6.45, 7) is 1.90. The summed E-state index contributed by atoms with van der Waals surface area (Å²) in [5, 5.41) is 8.79. The van der Waals surface area contributed by atoms with Gasteiger partial charge in [0.25, 0.3) is 10.1 Å². The number of rotatable bonds is 5. The number of carboxylic acid groups (broad SMARTS) is 1. The molecule has 0 aliphatic carbocycles.